The minimum Gasteiger partial charge on any atom is -0.459 e. The second-order valence-corrected chi connectivity index (χ2v) is 4.72. The molecule has 1 aliphatic rings. The molecule has 1 atom stereocenters. The number of hydrogen-bond donors (Lipinski definition) is 1. The molecule has 1 saturated heterocycles. The van der Waals surface area contributed by atoms with Gasteiger partial charge in [-0.3, -0.25) is 9.59 Å². The van der Waals surface area contributed by atoms with Gasteiger partial charge in [-0.1, -0.05) is 12.1 Å². The third kappa shape index (κ3) is 2.52. The molecule has 1 aromatic heterocycles. The molecule has 6 heteroatoms. The van der Waals surface area contributed by atoms with Crippen molar-refractivity contribution in [1.29, 1.82) is 0 Å². The molecule has 3 rings (SSSR count). The second-order valence-electron chi connectivity index (χ2n) is 4.72. The zero-order valence-corrected chi connectivity index (χ0v) is 11.1. The van der Waals surface area contributed by atoms with Crippen LogP contribution in [0.2, 0.25) is 0 Å². The SMILES string of the molecule is O=C1NCCN(C(=O)c2ccco2)C1c1ccc(F)cc1. The fraction of sp³-hybridized carbons (Fsp3) is 0.200. The molecule has 1 N–H and O–H groups in total. The number of furan rings is 1. The van der Waals surface area contributed by atoms with Gasteiger partial charge >= 0.3 is 0 Å². The van der Waals surface area contributed by atoms with Gasteiger partial charge in [-0.2, -0.15) is 0 Å². The Morgan fingerprint density at radius 2 is 2.05 bits per heavy atom. The lowest BCUT2D eigenvalue weighted by Gasteiger charge is -2.34. The van der Waals surface area contributed by atoms with E-state index in [0.717, 1.165) is 0 Å². The fourth-order valence-corrected chi connectivity index (χ4v) is 2.40. The van der Waals surface area contributed by atoms with E-state index in [-0.39, 0.29) is 23.4 Å². The van der Waals surface area contributed by atoms with Crippen LogP contribution in [0.15, 0.2) is 47.1 Å². The first-order valence-corrected chi connectivity index (χ1v) is 6.54. The average molecular weight is 288 g/mol. The maximum atomic E-state index is 13.0. The maximum absolute atomic E-state index is 13.0. The van der Waals surface area contributed by atoms with Crippen LogP contribution in [0.25, 0.3) is 0 Å². The minimum absolute atomic E-state index is 0.178. The molecule has 1 aromatic carbocycles. The summed E-state index contributed by atoms with van der Waals surface area (Å²) in [6.45, 7) is 0.746. The van der Waals surface area contributed by atoms with Gasteiger partial charge < -0.3 is 14.6 Å². The van der Waals surface area contributed by atoms with Gasteiger partial charge in [-0.25, -0.2) is 4.39 Å². The summed E-state index contributed by atoms with van der Waals surface area (Å²) in [6.07, 6.45) is 1.41. The zero-order valence-electron chi connectivity index (χ0n) is 11.1. The third-order valence-corrected chi connectivity index (χ3v) is 3.39. The molecule has 2 amide bonds. The van der Waals surface area contributed by atoms with Gasteiger partial charge in [-0.05, 0) is 29.8 Å². The highest BCUT2D eigenvalue weighted by molar-refractivity contribution is 5.96. The summed E-state index contributed by atoms with van der Waals surface area (Å²) in [5.74, 6) is -0.854. The first-order chi connectivity index (χ1) is 10.2. The van der Waals surface area contributed by atoms with Crippen molar-refractivity contribution in [2.75, 3.05) is 13.1 Å². The first-order valence-electron chi connectivity index (χ1n) is 6.54. The molecule has 5 nitrogen and oxygen atoms in total. The maximum Gasteiger partial charge on any atom is 0.290 e. The Hall–Kier alpha value is -2.63. The fourth-order valence-electron chi connectivity index (χ4n) is 2.40. The third-order valence-electron chi connectivity index (χ3n) is 3.39. The number of rotatable bonds is 2. The summed E-state index contributed by atoms with van der Waals surface area (Å²) in [4.78, 5) is 26.0. The van der Waals surface area contributed by atoms with E-state index in [1.807, 2.05) is 0 Å². The molecule has 108 valence electrons. The van der Waals surface area contributed by atoms with Crippen molar-refractivity contribution in [2.24, 2.45) is 0 Å². The van der Waals surface area contributed by atoms with Crippen molar-refractivity contribution >= 4 is 11.8 Å². The smallest absolute Gasteiger partial charge is 0.290 e. The monoisotopic (exact) mass is 288 g/mol. The molecule has 2 aromatic rings. The van der Waals surface area contributed by atoms with Crippen LogP contribution in [0.5, 0.6) is 0 Å². The molecule has 0 saturated carbocycles. The van der Waals surface area contributed by atoms with E-state index in [0.29, 0.717) is 18.7 Å². The van der Waals surface area contributed by atoms with Crippen LogP contribution in [0, 0.1) is 5.82 Å². The summed E-state index contributed by atoms with van der Waals surface area (Å²) in [5, 5.41) is 2.72. The molecule has 21 heavy (non-hydrogen) atoms. The van der Waals surface area contributed by atoms with Crippen molar-refractivity contribution in [3.05, 3.63) is 59.8 Å². The highest BCUT2D eigenvalue weighted by Crippen LogP contribution is 2.25. The number of amides is 2. The van der Waals surface area contributed by atoms with Crippen LogP contribution in [-0.2, 0) is 4.79 Å². The van der Waals surface area contributed by atoms with Crippen LogP contribution >= 0.6 is 0 Å². The van der Waals surface area contributed by atoms with E-state index in [1.54, 1.807) is 12.1 Å². The van der Waals surface area contributed by atoms with E-state index in [4.69, 9.17) is 4.42 Å². The van der Waals surface area contributed by atoms with Gasteiger partial charge in [0.2, 0.25) is 5.91 Å². The molecular formula is C15H13FN2O3. The number of carbonyl (C=O) groups is 2. The van der Waals surface area contributed by atoms with E-state index in [1.165, 1.54) is 35.4 Å². The van der Waals surface area contributed by atoms with E-state index in [2.05, 4.69) is 5.32 Å². The summed E-state index contributed by atoms with van der Waals surface area (Å²) in [7, 11) is 0. The summed E-state index contributed by atoms with van der Waals surface area (Å²) >= 11 is 0. The molecule has 0 bridgehead atoms. The molecule has 1 fully saturated rings. The average Bonchev–Trinajstić information content (AvgIpc) is 3.02. The Kier molecular flexibility index (Phi) is 3.43. The first kappa shape index (κ1) is 13.4. The zero-order chi connectivity index (χ0) is 14.8. The molecule has 0 aliphatic carbocycles. The molecule has 0 radical (unpaired) electrons. The van der Waals surface area contributed by atoms with Crippen LogP contribution < -0.4 is 5.32 Å². The van der Waals surface area contributed by atoms with Crippen molar-refractivity contribution in [1.82, 2.24) is 10.2 Å². The van der Waals surface area contributed by atoms with Gasteiger partial charge in [0, 0.05) is 13.1 Å². The molecule has 1 aliphatic heterocycles. The predicted octanol–water partition coefficient (Wildman–Crippen LogP) is 1.73. The van der Waals surface area contributed by atoms with E-state index >= 15 is 0 Å². The lowest BCUT2D eigenvalue weighted by Crippen LogP contribution is -2.52. The van der Waals surface area contributed by atoms with Gasteiger partial charge in [0.25, 0.3) is 5.91 Å². The van der Waals surface area contributed by atoms with E-state index in [9.17, 15) is 14.0 Å². The van der Waals surface area contributed by atoms with Crippen molar-refractivity contribution < 1.29 is 18.4 Å². The van der Waals surface area contributed by atoms with Gasteiger partial charge in [0.1, 0.15) is 11.9 Å². The normalized spacial score (nSPS) is 18.4. The molecule has 0 spiro atoms. The quantitative estimate of drug-likeness (QED) is 0.915. The molecule has 2 heterocycles. The number of piperazine rings is 1. The minimum atomic E-state index is -0.781. The number of carbonyl (C=O) groups excluding carboxylic acids is 2. The van der Waals surface area contributed by atoms with Gasteiger partial charge in [-0.15, -0.1) is 0 Å². The Labute approximate surface area is 120 Å². The van der Waals surface area contributed by atoms with Crippen molar-refractivity contribution in [3.63, 3.8) is 0 Å². The van der Waals surface area contributed by atoms with E-state index < -0.39 is 6.04 Å². The summed E-state index contributed by atoms with van der Waals surface area (Å²) in [6, 6.07) is 7.94. The van der Waals surface area contributed by atoms with Crippen LogP contribution in [0.1, 0.15) is 22.2 Å². The number of halogens is 1. The lowest BCUT2D eigenvalue weighted by molar-refractivity contribution is -0.128. The van der Waals surface area contributed by atoms with Gasteiger partial charge in [0.05, 0.1) is 6.26 Å². The van der Waals surface area contributed by atoms with Crippen molar-refractivity contribution in [3.8, 4) is 0 Å². The Bertz CT molecular complexity index is 652. The van der Waals surface area contributed by atoms with Crippen LogP contribution in [-0.4, -0.2) is 29.8 Å². The highest BCUT2D eigenvalue weighted by atomic mass is 19.1. The topological polar surface area (TPSA) is 62.6 Å². The largest absolute Gasteiger partial charge is 0.459 e. The number of benzene rings is 1. The Morgan fingerprint density at radius 3 is 2.71 bits per heavy atom. The summed E-state index contributed by atoms with van der Waals surface area (Å²) < 4.78 is 18.1. The second kappa shape index (κ2) is 5.40. The van der Waals surface area contributed by atoms with Crippen molar-refractivity contribution in [2.45, 2.75) is 6.04 Å². The van der Waals surface area contributed by atoms with Gasteiger partial charge in [0.15, 0.2) is 5.76 Å². The number of hydrogen-bond acceptors (Lipinski definition) is 3. The number of nitrogens with zero attached hydrogens (tertiary/aromatic N) is 1. The molecule has 1 unspecified atom stereocenters. The number of nitrogens with one attached hydrogen (secondary N) is 1. The lowest BCUT2D eigenvalue weighted by atomic mass is 10.0. The molecular weight excluding hydrogens is 275 g/mol. The highest BCUT2D eigenvalue weighted by Gasteiger charge is 2.35. The summed E-state index contributed by atoms with van der Waals surface area (Å²) in [5.41, 5.74) is 0.563. The van der Waals surface area contributed by atoms with Crippen LogP contribution in [0.4, 0.5) is 4.39 Å². The Morgan fingerprint density at radius 1 is 1.29 bits per heavy atom. The predicted molar refractivity (Wildman–Crippen MR) is 71.9 cm³/mol. The Balaban J connectivity index is 1.95. The standard InChI is InChI=1S/C15H13FN2O3/c16-11-5-3-10(4-6-11)13-14(19)17-7-8-18(13)15(20)12-2-1-9-21-12/h1-6,9,13H,7-8H2,(H,17,19). The van der Waals surface area contributed by atoms with Crippen LogP contribution in [0.3, 0.4) is 0 Å².